The maximum Gasteiger partial charge on any atom is 0.416 e. The van der Waals surface area contributed by atoms with Crippen molar-refractivity contribution in [2.45, 2.75) is 32.0 Å². The number of hydrogen-bond acceptors (Lipinski definition) is 2. The van der Waals surface area contributed by atoms with E-state index in [1.807, 2.05) is 6.92 Å². The molecule has 1 atom stereocenters. The molecule has 0 aliphatic rings. The lowest BCUT2D eigenvalue weighted by atomic mass is 10.0. The highest BCUT2D eigenvalue weighted by atomic mass is 19.4. The van der Waals surface area contributed by atoms with Crippen molar-refractivity contribution in [1.82, 2.24) is 0 Å². The molecule has 0 bridgehead atoms. The summed E-state index contributed by atoms with van der Waals surface area (Å²) in [6.07, 6.45) is -3.03. The largest absolute Gasteiger partial charge is 0.416 e. The molecule has 18 heavy (non-hydrogen) atoms. The van der Waals surface area contributed by atoms with E-state index in [2.05, 4.69) is 0 Å². The van der Waals surface area contributed by atoms with Crippen molar-refractivity contribution in [1.29, 1.82) is 0 Å². The predicted octanol–water partition coefficient (Wildman–Crippen LogP) is 3.00. The van der Waals surface area contributed by atoms with Crippen molar-refractivity contribution in [2.24, 2.45) is 5.73 Å². The summed E-state index contributed by atoms with van der Waals surface area (Å²) in [6.45, 7) is 2.97. The van der Waals surface area contributed by atoms with Gasteiger partial charge in [-0.3, -0.25) is 0 Å². The SMILES string of the molecule is CCCOCC(N)Cc1cccc(C(F)(F)F)c1. The van der Waals surface area contributed by atoms with Gasteiger partial charge < -0.3 is 10.5 Å². The zero-order valence-electron chi connectivity index (χ0n) is 10.3. The molecule has 0 amide bonds. The summed E-state index contributed by atoms with van der Waals surface area (Å²) in [5.41, 5.74) is 5.74. The fraction of sp³-hybridized carbons (Fsp3) is 0.538. The Kier molecular flexibility index (Phi) is 5.62. The first-order valence-corrected chi connectivity index (χ1v) is 5.93. The highest BCUT2D eigenvalue weighted by Crippen LogP contribution is 2.29. The molecule has 0 aliphatic carbocycles. The van der Waals surface area contributed by atoms with E-state index in [4.69, 9.17) is 10.5 Å². The molecular formula is C13H18F3NO. The minimum Gasteiger partial charge on any atom is -0.380 e. The smallest absolute Gasteiger partial charge is 0.380 e. The quantitative estimate of drug-likeness (QED) is 0.799. The van der Waals surface area contributed by atoms with Gasteiger partial charge in [-0.25, -0.2) is 0 Å². The molecule has 5 heteroatoms. The van der Waals surface area contributed by atoms with E-state index in [-0.39, 0.29) is 6.04 Å². The number of alkyl halides is 3. The number of benzene rings is 1. The fourth-order valence-electron chi connectivity index (χ4n) is 1.62. The van der Waals surface area contributed by atoms with Gasteiger partial charge in [0.05, 0.1) is 12.2 Å². The first-order valence-electron chi connectivity index (χ1n) is 5.93. The van der Waals surface area contributed by atoms with Crippen molar-refractivity contribution < 1.29 is 17.9 Å². The van der Waals surface area contributed by atoms with Gasteiger partial charge in [0.2, 0.25) is 0 Å². The Bertz CT molecular complexity index is 365. The number of ether oxygens (including phenoxy) is 1. The molecule has 0 spiro atoms. The molecule has 0 heterocycles. The lowest BCUT2D eigenvalue weighted by Gasteiger charge is -2.13. The second kappa shape index (κ2) is 6.75. The Hall–Kier alpha value is -1.07. The zero-order valence-corrected chi connectivity index (χ0v) is 10.3. The topological polar surface area (TPSA) is 35.2 Å². The van der Waals surface area contributed by atoms with Gasteiger partial charge in [-0.1, -0.05) is 25.1 Å². The first kappa shape index (κ1) is 15.0. The molecule has 2 nitrogen and oxygen atoms in total. The molecule has 102 valence electrons. The molecule has 1 rings (SSSR count). The normalized spacial score (nSPS) is 13.6. The molecule has 2 N–H and O–H groups in total. The number of rotatable bonds is 6. The summed E-state index contributed by atoms with van der Waals surface area (Å²) >= 11 is 0. The maximum absolute atomic E-state index is 12.5. The molecule has 1 unspecified atom stereocenters. The number of nitrogens with two attached hydrogens (primary N) is 1. The Morgan fingerprint density at radius 1 is 1.33 bits per heavy atom. The van der Waals surface area contributed by atoms with Crippen LogP contribution in [-0.2, 0) is 17.3 Å². The first-order chi connectivity index (χ1) is 8.43. The van der Waals surface area contributed by atoms with E-state index < -0.39 is 11.7 Å². The van der Waals surface area contributed by atoms with Crippen LogP contribution in [0.2, 0.25) is 0 Å². The van der Waals surface area contributed by atoms with Gasteiger partial charge in [0.15, 0.2) is 0 Å². The minimum atomic E-state index is -4.31. The Labute approximate surface area is 105 Å². The molecular weight excluding hydrogens is 243 g/mol. The predicted molar refractivity (Wildman–Crippen MR) is 64.2 cm³/mol. The van der Waals surface area contributed by atoms with Crippen LogP contribution in [-0.4, -0.2) is 19.3 Å². The maximum atomic E-state index is 12.5. The van der Waals surface area contributed by atoms with Gasteiger partial charge in [-0.15, -0.1) is 0 Å². The van der Waals surface area contributed by atoms with Crippen molar-refractivity contribution in [3.8, 4) is 0 Å². The zero-order chi connectivity index (χ0) is 13.6. The summed E-state index contributed by atoms with van der Waals surface area (Å²) in [6, 6.07) is 4.97. The van der Waals surface area contributed by atoms with Crippen LogP contribution >= 0.6 is 0 Å². The molecule has 0 saturated heterocycles. The van der Waals surface area contributed by atoms with Crippen molar-refractivity contribution in [3.63, 3.8) is 0 Å². The Balaban J connectivity index is 2.57. The lowest BCUT2D eigenvalue weighted by Crippen LogP contribution is -2.29. The van der Waals surface area contributed by atoms with Crippen LogP contribution in [0, 0.1) is 0 Å². The van der Waals surface area contributed by atoms with Crippen molar-refractivity contribution in [2.75, 3.05) is 13.2 Å². The average molecular weight is 261 g/mol. The van der Waals surface area contributed by atoms with Gasteiger partial charge >= 0.3 is 6.18 Å². The molecule has 0 aliphatic heterocycles. The van der Waals surface area contributed by atoms with Crippen molar-refractivity contribution >= 4 is 0 Å². The van der Waals surface area contributed by atoms with Crippen LogP contribution in [0.15, 0.2) is 24.3 Å². The average Bonchev–Trinajstić information content (AvgIpc) is 2.28. The van der Waals surface area contributed by atoms with E-state index in [0.717, 1.165) is 18.6 Å². The van der Waals surface area contributed by atoms with Gasteiger partial charge in [0.25, 0.3) is 0 Å². The van der Waals surface area contributed by atoms with Crippen LogP contribution < -0.4 is 5.73 Å². The molecule has 1 aromatic carbocycles. The van der Waals surface area contributed by atoms with E-state index in [9.17, 15) is 13.2 Å². The highest BCUT2D eigenvalue weighted by molar-refractivity contribution is 5.26. The Morgan fingerprint density at radius 2 is 2.06 bits per heavy atom. The molecule has 0 aromatic heterocycles. The summed E-state index contributed by atoms with van der Waals surface area (Å²) in [7, 11) is 0. The van der Waals surface area contributed by atoms with Crippen LogP contribution in [0.5, 0.6) is 0 Å². The van der Waals surface area contributed by atoms with Gasteiger partial charge in [0.1, 0.15) is 0 Å². The summed E-state index contributed by atoms with van der Waals surface area (Å²) < 4.78 is 42.8. The fourth-order valence-corrected chi connectivity index (χ4v) is 1.62. The monoisotopic (exact) mass is 261 g/mol. The second-order valence-corrected chi connectivity index (χ2v) is 4.24. The summed E-state index contributed by atoms with van der Waals surface area (Å²) in [5, 5.41) is 0. The molecule has 0 radical (unpaired) electrons. The minimum absolute atomic E-state index is 0.278. The van der Waals surface area contributed by atoms with Crippen LogP contribution in [0.3, 0.4) is 0 Å². The summed E-state index contributed by atoms with van der Waals surface area (Å²) in [5.74, 6) is 0. The lowest BCUT2D eigenvalue weighted by molar-refractivity contribution is -0.137. The van der Waals surface area contributed by atoms with Crippen LogP contribution in [0.1, 0.15) is 24.5 Å². The third-order valence-corrected chi connectivity index (χ3v) is 2.43. The number of hydrogen-bond donors (Lipinski definition) is 1. The third kappa shape index (κ3) is 5.06. The second-order valence-electron chi connectivity index (χ2n) is 4.24. The van der Waals surface area contributed by atoms with Gasteiger partial charge in [0, 0.05) is 12.6 Å². The van der Waals surface area contributed by atoms with Gasteiger partial charge in [-0.05, 0) is 24.5 Å². The van der Waals surface area contributed by atoms with E-state index in [0.29, 0.717) is 25.2 Å². The summed E-state index contributed by atoms with van der Waals surface area (Å²) in [4.78, 5) is 0. The molecule has 0 saturated carbocycles. The molecule has 0 fully saturated rings. The highest BCUT2D eigenvalue weighted by Gasteiger charge is 2.30. The van der Waals surface area contributed by atoms with E-state index >= 15 is 0 Å². The van der Waals surface area contributed by atoms with Crippen LogP contribution in [0.25, 0.3) is 0 Å². The Morgan fingerprint density at radius 3 is 2.67 bits per heavy atom. The van der Waals surface area contributed by atoms with E-state index in [1.54, 1.807) is 6.07 Å². The van der Waals surface area contributed by atoms with Crippen LogP contribution in [0.4, 0.5) is 13.2 Å². The van der Waals surface area contributed by atoms with E-state index in [1.165, 1.54) is 6.07 Å². The van der Waals surface area contributed by atoms with Crippen molar-refractivity contribution in [3.05, 3.63) is 35.4 Å². The number of halogens is 3. The molecule has 1 aromatic rings. The standard InChI is InChI=1S/C13H18F3NO/c1-2-6-18-9-12(17)8-10-4-3-5-11(7-10)13(14,15)16/h3-5,7,12H,2,6,8-9,17H2,1H3. The van der Waals surface area contributed by atoms with Gasteiger partial charge in [-0.2, -0.15) is 13.2 Å². The third-order valence-electron chi connectivity index (χ3n) is 2.43.